The molecule has 108 valence electrons. The van der Waals surface area contributed by atoms with Gasteiger partial charge in [-0.25, -0.2) is 17.8 Å². The van der Waals surface area contributed by atoms with Gasteiger partial charge in [0.25, 0.3) is 0 Å². The highest BCUT2D eigenvalue weighted by atomic mass is 32.2. The van der Waals surface area contributed by atoms with Crippen LogP contribution < -0.4 is 4.72 Å². The first-order valence-corrected chi connectivity index (χ1v) is 8.64. The van der Waals surface area contributed by atoms with E-state index in [-0.39, 0.29) is 6.54 Å². The van der Waals surface area contributed by atoms with Crippen molar-refractivity contribution in [1.82, 2.24) is 14.5 Å². The van der Waals surface area contributed by atoms with Gasteiger partial charge in [0.05, 0.1) is 17.9 Å². The molecule has 0 aliphatic rings. The molecule has 0 fully saturated rings. The van der Waals surface area contributed by atoms with E-state index >= 15 is 0 Å². The predicted octanol–water partition coefficient (Wildman–Crippen LogP) is 2.41. The highest BCUT2D eigenvalue weighted by Crippen LogP contribution is 2.15. The van der Waals surface area contributed by atoms with Crippen molar-refractivity contribution in [3.8, 4) is 5.69 Å². The first-order chi connectivity index (χ1) is 10.1. The fraction of sp³-hybridized carbons (Fsp3) is 0.0714. The van der Waals surface area contributed by atoms with Crippen LogP contribution in [0.1, 0.15) is 5.69 Å². The van der Waals surface area contributed by atoms with Gasteiger partial charge in [-0.05, 0) is 29.6 Å². The van der Waals surface area contributed by atoms with Crippen molar-refractivity contribution in [1.29, 1.82) is 0 Å². The van der Waals surface area contributed by atoms with Gasteiger partial charge in [0, 0.05) is 6.20 Å². The van der Waals surface area contributed by atoms with Gasteiger partial charge in [0.15, 0.2) is 0 Å². The van der Waals surface area contributed by atoms with Crippen molar-refractivity contribution < 1.29 is 8.42 Å². The van der Waals surface area contributed by atoms with Gasteiger partial charge in [-0.15, -0.1) is 11.3 Å². The lowest BCUT2D eigenvalue weighted by Gasteiger charge is -2.03. The minimum atomic E-state index is -3.45. The van der Waals surface area contributed by atoms with Crippen molar-refractivity contribution in [3.05, 3.63) is 65.8 Å². The second kappa shape index (κ2) is 5.80. The summed E-state index contributed by atoms with van der Waals surface area (Å²) >= 11 is 1.19. The standard InChI is InChI=1S/C14H13N3O2S2/c18-21(19,14-7-4-10-20-14)15-11-12-8-9-17(16-12)13-5-2-1-3-6-13/h1-10,15H,11H2. The van der Waals surface area contributed by atoms with E-state index < -0.39 is 10.0 Å². The fourth-order valence-electron chi connectivity index (χ4n) is 1.84. The molecule has 0 unspecified atom stereocenters. The lowest BCUT2D eigenvalue weighted by Crippen LogP contribution is -2.22. The van der Waals surface area contributed by atoms with Crippen molar-refractivity contribution in [2.24, 2.45) is 0 Å². The molecule has 0 atom stereocenters. The van der Waals surface area contributed by atoms with Gasteiger partial charge in [0.2, 0.25) is 10.0 Å². The maximum absolute atomic E-state index is 12.0. The number of aromatic nitrogens is 2. The number of para-hydroxylation sites is 1. The number of nitrogens with zero attached hydrogens (tertiary/aromatic N) is 2. The van der Waals surface area contributed by atoms with Gasteiger partial charge in [-0.2, -0.15) is 5.10 Å². The van der Waals surface area contributed by atoms with Gasteiger partial charge >= 0.3 is 0 Å². The number of nitrogens with one attached hydrogen (secondary N) is 1. The highest BCUT2D eigenvalue weighted by molar-refractivity contribution is 7.91. The minimum Gasteiger partial charge on any atom is -0.241 e. The summed E-state index contributed by atoms with van der Waals surface area (Å²) in [6, 6.07) is 14.7. The summed E-state index contributed by atoms with van der Waals surface area (Å²) in [5.74, 6) is 0. The molecule has 0 aliphatic heterocycles. The number of hydrogen-bond acceptors (Lipinski definition) is 4. The number of benzene rings is 1. The van der Waals surface area contributed by atoms with Crippen LogP contribution in [0.25, 0.3) is 5.69 Å². The lowest BCUT2D eigenvalue weighted by molar-refractivity contribution is 0.582. The SMILES string of the molecule is O=S(=O)(NCc1ccn(-c2ccccc2)n1)c1cccs1. The van der Waals surface area contributed by atoms with Gasteiger partial charge in [0.1, 0.15) is 4.21 Å². The van der Waals surface area contributed by atoms with E-state index in [2.05, 4.69) is 9.82 Å². The number of sulfonamides is 1. The molecule has 0 spiro atoms. The molecule has 0 saturated heterocycles. The monoisotopic (exact) mass is 319 g/mol. The van der Waals surface area contributed by atoms with Gasteiger partial charge in [-0.1, -0.05) is 24.3 Å². The normalized spacial score (nSPS) is 11.6. The van der Waals surface area contributed by atoms with E-state index in [1.165, 1.54) is 11.3 Å². The van der Waals surface area contributed by atoms with E-state index in [0.29, 0.717) is 9.90 Å². The Bertz CT molecular complexity index is 809. The third-order valence-corrected chi connectivity index (χ3v) is 5.67. The van der Waals surface area contributed by atoms with Crippen LogP contribution >= 0.6 is 11.3 Å². The Balaban J connectivity index is 1.71. The molecule has 3 aromatic rings. The Morgan fingerprint density at radius 2 is 1.90 bits per heavy atom. The second-order valence-corrected chi connectivity index (χ2v) is 7.29. The Hall–Kier alpha value is -1.96. The van der Waals surface area contributed by atoms with Crippen LogP contribution in [0.3, 0.4) is 0 Å². The van der Waals surface area contributed by atoms with Crippen molar-refractivity contribution in [2.75, 3.05) is 0 Å². The largest absolute Gasteiger partial charge is 0.250 e. The molecule has 2 aromatic heterocycles. The number of rotatable bonds is 5. The summed E-state index contributed by atoms with van der Waals surface area (Å²) in [5.41, 5.74) is 1.60. The molecular formula is C14H13N3O2S2. The van der Waals surface area contributed by atoms with Crippen LogP contribution in [0.2, 0.25) is 0 Å². The van der Waals surface area contributed by atoms with E-state index in [9.17, 15) is 8.42 Å². The molecule has 0 saturated carbocycles. The van der Waals surface area contributed by atoms with E-state index in [1.807, 2.05) is 36.5 Å². The van der Waals surface area contributed by atoms with Crippen LogP contribution in [0.15, 0.2) is 64.3 Å². The van der Waals surface area contributed by atoms with Crippen molar-refractivity contribution >= 4 is 21.4 Å². The molecule has 0 bridgehead atoms. The summed E-state index contributed by atoms with van der Waals surface area (Å²) in [6.45, 7) is 0.167. The quantitative estimate of drug-likeness (QED) is 0.785. The highest BCUT2D eigenvalue weighted by Gasteiger charge is 2.15. The fourth-order valence-corrected chi connectivity index (χ4v) is 3.87. The zero-order valence-corrected chi connectivity index (χ0v) is 12.6. The third kappa shape index (κ3) is 3.21. The molecule has 0 amide bonds. The Morgan fingerprint density at radius 1 is 1.10 bits per heavy atom. The average Bonchev–Trinajstić information content (AvgIpc) is 3.18. The molecular weight excluding hydrogens is 306 g/mol. The Morgan fingerprint density at radius 3 is 2.62 bits per heavy atom. The van der Waals surface area contributed by atoms with Crippen LogP contribution in [0.5, 0.6) is 0 Å². The number of thiophene rings is 1. The Kier molecular flexibility index (Phi) is 3.87. The molecule has 21 heavy (non-hydrogen) atoms. The molecule has 5 nitrogen and oxygen atoms in total. The maximum Gasteiger partial charge on any atom is 0.250 e. The zero-order valence-electron chi connectivity index (χ0n) is 11.0. The summed E-state index contributed by atoms with van der Waals surface area (Å²) in [4.78, 5) is 0. The molecule has 2 heterocycles. The first-order valence-electron chi connectivity index (χ1n) is 6.28. The van der Waals surface area contributed by atoms with E-state index in [1.54, 1.807) is 28.3 Å². The van der Waals surface area contributed by atoms with Crippen LogP contribution in [-0.4, -0.2) is 18.2 Å². The molecule has 1 aromatic carbocycles. The summed E-state index contributed by atoms with van der Waals surface area (Å²) in [7, 11) is -3.45. The predicted molar refractivity (Wildman–Crippen MR) is 81.9 cm³/mol. The molecule has 3 rings (SSSR count). The van der Waals surface area contributed by atoms with Crippen LogP contribution in [-0.2, 0) is 16.6 Å². The summed E-state index contributed by atoms with van der Waals surface area (Å²) in [5, 5.41) is 6.09. The molecule has 7 heteroatoms. The maximum atomic E-state index is 12.0. The molecule has 0 radical (unpaired) electrons. The van der Waals surface area contributed by atoms with Crippen molar-refractivity contribution in [3.63, 3.8) is 0 Å². The summed E-state index contributed by atoms with van der Waals surface area (Å²) < 4.78 is 28.6. The zero-order chi connectivity index (χ0) is 14.7. The summed E-state index contributed by atoms with van der Waals surface area (Å²) in [6.07, 6.45) is 1.81. The topological polar surface area (TPSA) is 64.0 Å². The lowest BCUT2D eigenvalue weighted by atomic mass is 10.3. The first kappa shape index (κ1) is 14.0. The minimum absolute atomic E-state index is 0.167. The van der Waals surface area contributed by atoms with Crippen LogP contribution in [0.4, 0.5) is 0 Å². The molecule has 0 aliphatic carbocycles. The van der Waals surface area contributed by atoms with Crippen LogP contribution in [0, 0.1) is 0 Å². The van der Waals surface area contributed by atoms with Crippen molar-refractivity contribution in [2.45, 2.75) is 10.8 Å². The molecule has 1 N–H and O–H groups in total. The second-order valence-electron chi connectivity index (χ2n) is 4.34. The smallest absolute Gasteiger partial charge is 0.241 e. The number of hydrogen-bond donors (Lipinski definition) is 1. The van der Waals surface area contributed by atoms with E-state index in [0.717, 1.165) is 5.69 Å². The third-order valence-electron chi connectivity index (χ3n) is 2.87. The van der Waals surface area contributed by atoms with Gasteiger partial charge < -0.3 is 0 Å². The van der Waals surface area contributed by atoms with E-state index in [4.69, 9.17) is 0 Å². The van der Waals surface area contributed by atoms with Gasteiger partial charge in [-0.3, -0.25) is 0 Å². The average molecular weight is 319 g/mol. The Labute approximate surface area is 126 Å².